The van der Waals surface area contributed by atoms with E-state index in [1.165, 1.54) is 0 Å². The Morgan fingerprint density at radius 1 is 1.53 bits per heavy atom. The normalized spacial score (nSPS) is 23.2. The van der Waals surface area contributed by atoms with Crippen molar-refractivity contribution in [3.63, 3.8) is 0 Å². The Labute approximate surface area is 89.7 Å². The van der Waals surface area contributed by atoms with Gasteiger partial charge in [0.2, 0.25) is 5.91 Å². The molecule has 0 aromatic carbocycles. The van der Waals surface area contributed by atoms with Gasteiger partial charge in [-0.3, -0.25) is 14.5 Å². The van der Waals surface area contributed by atoms with Crippen LogP contribution in [-0.2, 0) is 9.59 Å². The summed E-state index contributed by atoms with van der Waals surface area (Å²) in [6.45, 7) is 4.36. The van der Waals surface area contributed by atoms with E-state index in [9.17, 15) is 9.59 Å². The van der Waals surface area contributed by atoms with Gasteiger partial charge in [-0.2, -0.15) is 0 Å². The molecule has 0 spiro atoms. The molecule has 1 saturated heterocycles. The molecule has 1 N–H and O–H groups in total. The van der Waals surface area contributed by atoms with Crippen molar-refractivity contribution in [3.8, 4) is 0 Å². The molecule has 5 heteroatoms. The average Bonchev–Trinajstić information content (AvgIpc) is 2.20. The summed E-state index contributed by atoms with van der Waals surface area (Å²) in [5.41, 5.74) is 0. The quantitative estimate of drug-likeness (QED) is 0.716. The van der Waals surface area contributed by atoms with Crippen LogP contribution in [0.1, 0.15) is 19.8 Å². The largest absolute Gasteiger partial charge is 0.481 e. The molecule has 1 amide bonds. The van der Waals surface area contributed by atoms with Gasteiger partial charge in [0.15, 0.2) is 0 Å². The van der Waals surface area contributed by atoms with E-state index in [-0.39, 0.29) is 18.4 Å². The minimum absolute atomic E-state index is 0.0457. The lowest BCUT2D eigenvalue weighted by Gasteiger charge is -2.38. The van der Waals surface area contributed by atoms with Gasteiger partial charge in [-0.1, -0.05) is 6.92 Å². The van der Waals surface area contributed by atoms with Crippen LogP contribution in [0.25, 0.3) is 0 Å². The fourth-order valence-electron chi connectivity index (χ4n) is 1.90. The third kappa shape index (κ3) is 2.92. The number of hydrogen-bond acceptors (Lipinski definition) is 3. The lowest BCUT2D eigenvalue weighted by Crippen LogP contribution is -2.55. The highest BCUT2D eigenvalue weighted by Gasteiger charge is 2.31. The topological polar surface area (TPSA) is 60.9 Å². The molecule has 0 saturated carbocycles. The highest BCUT2D eigenvalue weighted by molar-refractivity contribution is 5.83. The van der Waals surface area contributed by atoms with Gasteiger partial charge in [0.05, 0.1) is 6.04 Å². The smallest absolute Gasteiger partial charge is 0.303 e. The van der Waals surface area contributed by atoms with Crippen LogP contribution in [0, 0.1) is 0 Å². The first-order valence-electron chi connectivity index (χ1n) is 5.27. The van der Waals surface area contributed by atoms with E-state index in [1.54, 1.807) is 11.9 Å². The molecule has 1 aliphatic heterocycles. The minimum Gasteiger partial charge on any atom is -0.481 e. The lowest BCUT2D eigenvalue weighted by atomic mass is 10.1. The van der Waals surface area contributed by atoms with Crippen LogP contribution >= 0.6 is 0 Å². The molecule has 0 aromatic rings. The number of piperazine rings is 1. The number of carbonyl (C=O) groups is 2. The van der Waals surface area contributed by atoms with Crippen molar-refractivity contribution in [1.82, 2.24) is 9.80 Å². The SMILES string of the molecule is CCN1CCN(C)C(=O)C1CCC(=O)O. The summed E-state index contributed by atoms with van der Waals surface area (Å²) in [5.74, 6) is -0.795. The molecule has 0 bridgehead atoms. The number of likely N-dealkylation sites (N-methyl/N-ethyl adjacent to an activating group) is 2. The summed E-state index contributed by atoms with van der Waals surface area (Å²) < 4.78 is 0. The zero-order valence-electron chi connectivity index (χ0n) is 9.27. The van der Waals surface area contributed by atoms with Gasteiger partial charge in [-0.05, 0) is 13.0 Å². The minimum atomic E-state index is -0.841. The van der Waals surface area contributed by atoms with Crippen LogP contribution < -0.4 is 0 Å². The van der Waals surface area contributed by atoms with E-state index in [0.29, 0.717) is 6.42 Å². The average molecular weight is 214 g/mol. The molecule has 86 valence electrons. The van der Waals surface area contributed by atoms with Crippen LogP contribution in [0.5, 0.6) is 0 Å². The van der Waals surface area contributed by atoms with Crippen molar-refractivity contribution >= 4 is 11.9 Å². The number of carbonyl (C=O) groups excluding carboxylic acids is 1. The molecule has 0 radical (unpaired) electrons. The summed E-state index contributed by atoms with van der Waals surface area (Å²) >= 11 is 0. The lowest BCUT2D eigenvalue weighted by molar-refractivity contribution is -0.142. The zero-order chi connectivity index (χ0) is 11.4. The van der Waals surface area contributed by atoms with E-state index < -0.39 is 5.97 Å². The van der Waals surface area contributed by atoms with E-state index in [2.05, 4.69) is 0 Å². The van der Waals surface area contributed by atoms with Gasteiger partial charge in [-0.25, -0.2) is 0 Å². The van der Waals surface area contributed by atoms with Crippen molar-refractivity contribution < 1.29 is 14.7 Å². The summed E-state index contributed by atoms with van der Waals surface area (Å²) in [6.07, 6.45) is 0.465. The van der Waals surface area contributed by atoms with Crippen molar-refractivity contribution in [2.24, 2.45) is 0 Å². The first-order chi connectivity index (χ1) is 7.06. The Hall–Kier alpha value is -1.10. The maximum absolute atomic E-state index is 11.8. The van der Waals surface area contributed by atoms with Gasteiger partial charge in [0, 0.05) is 26.6 Å². The number of carboxylic acid groups (broad SMARTS) is 1. The van der Waals surface area contributed by atoms with Gasteiger partial charge >= 0.3 is 5.97 Å². The fraction of sp³-hybridized carbons (Fsp3) is 0.800. The Morgan fingerprint density at radius 2 is 2.20 bits per heavy atom. The van der Waals surface area contributed by atoms with Crippen molar-refractivity contribution in [3.05, 3.63) is 0 Å². The molecule has 1 heterocycles. The zero-order valence-corrected chi connectivity index (χ0v) is 9.27. The second-order valence-electron chi connectivity index (χ2n) is 3.84. The molecule has 1 fully saturated rings. The van der Waals surface area contributed by atoms with Gasteiger partial charge in [0.1, 0.15) is 0 Å². The molecule has 1 aliphatic rings. The van der Waals surface area contributed by atoms with Crippen LogP contribution in [-0.4, -0.2) is 59.5 Å². The summed E-state index contributed by atoms with van der Waals surface area (Å²) in [4.78, 5) is 26.0. The predicted molar refractivity (Wildman–Crippen MR) is 55.5 cm³/mol. The van der Waals surface area contributed by atoms with Crippen molar-refractivity contribution in [2.45, 2.75) is 25.8 Å². The number of nitrogens with zero attached hydrogens (tertiary/aromatic N) is 2. The van der Waals surface area contributed by atoms with Crippen LogP contribution in [0.2, 0.25) is 0 Å². The van der Waals surface area contributed by atoms with Gasteiger partial charge < -0.3 is 10.0 Å². The second-order valence-corrected chi connectivity index (χ2v) is 3.84. The van der Waals surface area contributed by atoms with E-state index in [1.807, 2.05) is 11.8 Å². The fourth-order valence-corrected chi connectivity index (χ4v) is 1.90. The molecule has 1 rings (SSSR count). The number of carboxylic acids is 1. The van der Waals surface area contributed by atoms with Crippen molar-refractivity contribution in [2.75, 3.05) is 26.7 Å². The van der Waals surface area contributed by atoms with Gasteiger partial charge in [-0.15, -0.1) is 0 Å². The first kappa shape index (κ1) is 12.0. The highest BCUT2D eigenvalue weighted by Crippen LogP contribution is 2.14. The van der Waals surface area contributed by atoms with E-state index in [0.717, 1.165) is 19.6 Å². The Kier molecular flexibility index (Phi) is 4.08. The Morgan fingerprint density at radius 3 is 2.73 bits per heavy atom. The van der Waals surface area contributed by atoms with Crippen LogP contribution in [0.3, 0.4) is 0 Å². The molecule has 1 atom stereocenters. The molecule has 15 heavy (non-hydrogen) atoms. The molecule has 0 aromatic heterocycles. The van der Waals surface area contributed by atoms with Crippen molar-refractivity contribution in [1.29, 1.82) is 0 Å². The maximum atomic E-state index is 11.8. The monoisotopic (exact) mass is 214 g/mol. The Bertz CT molecular complexity index is 255. The van der Waals surface area contributed by atoms with E-state index in [4.69, 9.17) is 5.11 Å². The molecular formula is C10H18N2O3. The van der Waals surface area contributed by atoms with Gasteiger partial charge in [0.25, 0.3) is 0 Å². The number of rotatable bonds is 4. The molecule has 1 unspecified atom stereocenters. The van der Waals surface area contributed by atoms with Crippen LogP contribution in [0.15, 0.2) is 0 Å². The Balaban J connectivity index is 2.60. The third-order valence-electron chi connectivity index (χ3n) is 2.86. The van der Waals surface area contributed by atoms with Crippen LogP contribution in [0.4, 0.5) is 0 Å². The van der Waals surface area contributed by atoms with E-state index >= 15 is 0 Å². The summed E-state index contributed by atoms with van der Waals surface area (Å²) in [6, 6.07) is -0.246. The number of aliphatic carboxylic acids is 1. The molecule has 5 nitrogen and oxygen atoms in total. The first-order valence-corrected chi connectivity index (χ1v) is 5.27. The summed E-state index contributed by atoms with van der Waals surface area (Å²) in [5, 5.41) is 8.61. The number of hydrogen-bond donors (Lipinski definition) is 1. The molecule has 0 aliphatic carbocycles. The highest BCUT2D eigenvalue weighted by atomic mass is 16.4. The second kappa shape index (κ2) is 5.11. The summed E-state index contributed by atoms with van der Waals surface area (Å²) in [7, 11) is 1.77. The number of amides is 1. The third-order valence-corrected chi connectivity index (χ3v) is 2.86. The standard InChI is InChI=1S/C10H18N2O3/c1-3-12-7-6-11(2)10(15)8(12)4-5-9(13)14/h8H,3-7H2,1-2H3,(H,13,14). The predicted octanol–water partition coefficient (Wildman–Crippen LogP) is 0.0137. The molecular weight excluding hydrogens is 196 g/mol. The maximum Gasteiger partial charge on any atom is 0.303 e.